The molecule has 0 radical (unpaired) electrons. The van der Waals surface area contributed by atoms with Crippen LogP contribution in [0.25, 0.3) is 0 Å². The zero-order chi connectivity index (χ0) is 20.4. The van der Waals surface area contributed by atoms with Crippen LogP contribution in [0.4, 0.5) is 0 Å². The van der Waals surface area contributed by atoms with Crippen molar-refractivity contribution in [2.24, 2.45) is 46.3 Å². The molecule has 5 aliphatic rings. The van der Waals surface area contributed by atoms with E-state index < -0.39 is 5.60 Å². The molecule has 0 amide bonds. The van der Waals surface area contributed by atoms with Crippen LogP contribution in [0.3, 0.4) is 0 Å². The average molecular weight is 400 g/mol. The summed E-state index contributed by atoms with van der Waals surface area (Å²) in [5.74, 6) is 3.85. The molecule has 3 heteroatoms. The number of hydrogen-bond donors (Lipinski definition) is 2. The Hall–Kier alpha value is -0.670. The maximum absolute atomic E-state index is 12.7. The van der Waals surface area contributed by atoms with Gasteiger partial charge in [-0.05, 0) is 98.8 Å². The van der Waals surface area contributed by atoms with E-state index in [0.29, 0.717) is 41.3 Å². The minimum atomic E-state index is -0.550. The minimum Gasteiger partial charge on any atom is -0.389 e. The second-order valence-electron chi connectivity index (χ2n) is 11.9. The minimum absolute atomic E-state index is 0.0154. The Kier molecular flexibility index (Phi) is 4.83. The van der Waals surface area contributed by atoms with E-state index in [1.54, 1.807) is 0 Å². The molecule has 0 aromatic carbocycles. The highest BCUT2D eigenvalue weighted by Gasteiger charge is 2.66. The van der Waals surface area contributed by atoms with Gasteiger partial charge in [-0.3, -0.25) is 4.79 Å². The van der Waals surface area contributed by atoms with Gasteiger partial charge in [0.25, 0.3) is 0 Å². The summed E-state index contributed by atoms with van der Waals surface area (Å²) in [6.45, 7) is 9.25. The van der Waals surface area contributed by atoms with Gasteiger partial charge in [0.1, 0.15) is 5.78 Å². The van der Waals surface area contributed by atoms with Gasteiger partial charge in [-0.2, -0.15) is 0 Å². The number of rotatable bonds is 2. The zero-order valence-corrected chi connectivity index (χ0v) is 18.8. The normalized spacial score (nSPS) is 55.0. The molecule has 1 saturated heterocycles. The molecule has 9 atom stereocenters. The molecule has 4 aliphatic carbocycles. The zero-order valence-electron chi connectivity index (χ0n) is 18.8. The summed E-state index contributed by atoms with van der Waals surface area (Å²) in [6, 6.07) is 0. The van der Waals surface area contributed by atoms with Gasteiger partial charge in [-0.15, -0.1) is 0 Å². The number of carbonyl (C=O) groups is 1. The molecule has 1 heterocycles. The molecule has 0 aromatic heterocycles. The number of carbonyl (C=O) groups excluding carboxylic acids is 1. The van der Waals surface area contributed by atoms with Crippen LogP contribution >= 0.6 is 0 Å². The molecule has 0 bridgehead atoms. The van der Waals surface area contributed by atoms with E-state index in [1.165, 1.54) is 12.8 Å². The van der Waals surface area contributed by atoms with Crippen molar-refractivity contribution in [3.63, 3.8) is 0 Å². The lowest BCUT2D eigenvalue weighted by molar-refractivity contribution is -0.233. The second-order valence-corrected chi connectivity index (χ2v) is 11.9. The van der Waals surface area contributed by atoms with Crippen molar-refractivity contribution in [1.82, 2.24) is 5.32 Å². The molecule has 3 nitrogen and oxygen atoms in total. The lowest BCUT2D eigenvalue weighted by Crippen LogP contribution is -2.65. The third kappa shape index (κ3) is 2.86. The van der Waals surface area contributed by atoms with Crippen molar-refractivity contribution in [1.29, 1.82) is 0 Å². The number of nitrogens with one attached hydrogen (secondary N) is 1. The van der Waals surface area contributed by atoms with Gasteiger partial charge in [0.2, 0.25) is 0 Å². The molecular formula is C26H41NO2. The fraction of sp³-hybridized carbons (Fsp3) is 0.885. The molecule has 162 valence electrons. The maximum atomic E-state index is 12.7. The van der Waals surface area contributed by atoms with E-state index in [1.807, 2.05) is 0 Å². The largest absolute Gasteiger partial charge is 0.389 e. The summed E-state index contributed by atoms with van der Waals surface area (Å²) in [4.78, 5) is 12.7. The quantitative estimate of drug-likeness (QED) is 0.659. The van der Waals surface area contributed by atoms with Gasteiger partial charge >= 0.3 is 0 Å². The SMILES string of the molecule is C[C@H]1C[C@H]2[C@@H]3CCC(=O)[C@@]3(C)CC[C@@H]2[C@@]2(C)CC[C@@H](/C=C\[C@H]3CCNC3)C[C@]12O. The van der Waals surface area contributed by atoms with Gasteiger partial charge < -0.3 is 10.4 Å². The molecule has 0 aromatic rings. The van der Waals surface area contributed by atoms with Gasteiger partial charge in [-0.1, -0.05) is 32.9 Å². The van der Waals surface area contributed by atoms with Crippen LogP contribution in [0.5, 0.6) is 0 Å². The van der Waals surface area contributed by atoms with Crippen molar-refractivity contribution in [3.05, 3.63) is 12.2 Å². The lowest BCUT2D eigenvalue weighted by Gasteiger charge is -2.65. The van der Waals surface area contributed by atoms with E-state index in [2.05, 4.69) is 38.2 Å². The maximum Gasteiger partial charge on any atom is 0.139 e. The van der Waals surface area contributed by atoms with Crippen LogP contribution < -0.4 is 5.32 Å². The van der Waals surface area contributed by atoms with Gasteiger partial charge in [0.05, 0.1) is 5.60 Å². The number of Topliss-reactive ketones (excluding diaryl/α,β-unsaturated/α-hetero) is 1. The Labute approximate surface area is 177 Å². The number of aliphatic hydroxyl groups is 1. The monoisotopic (exact) mass is 399 g/mol. The standard InChI is InChI=1S/C26H41NO2/c1-17-14-20-21-6-7-23(28)24(21,2)11-9-22(20)25(3)12-8-18(15-26(17,25)29)4-5-19-10-13-27-16-19/h4-5,17-22,27,29H,6-16H2,1-3H3/b5-4-/t17-,18+,19-,20-,21-,22-,24-,25+,26-/m0/s1. The van der Waals surface area contributed by atoms with Crippen LogP contribution in [0.2, 0.25) is 0 Å². The Morgan fingerprint density at radius 1 is 1.03 bits per heavy atom. The first-order valence-electron chi connectivity index (χ1n) is 12.4. The average Bonchev–Trinajstić information content (AvgIpc) is 3.31. The van der Waals surface area contributed by atoms with Crippen LogP contribution in [-0.2, 0) is 4.79 Å². The fourth-order valence-corrected chi connectivity index (χ4v) is 8.81. The number of hydrogen-bond acceptors (Lipinski definition) is 3. The first-order valence-corrected chi connectivity index (χ1v) is 12.4. The first kappa shape index (κ1) is 20.2. The lowest BCUT2D eigenvalue weighted by atomic mass is 9.41. The summed E-state index contributed by atoms with van der Waals surface area (Å²) < 4.78 is 0. The molecule has 5 fully saturated rings. The molecule has 2 N–H and O–H groups in total. The molecule has 0 spiro atoms. The Balaban J connectivity index is 1.38. The number of allylic oxidation sites excluding steroid dienone is 1. The van der Waals surface area contributed by atoms with Crippen LogP contribution in [0.15, 0.2) is 12.2 Å². The molecule has 4 saturated carbocycles. The molecule has 5 rings (SSSR count). The fourth-order valence-electron chi connectivity index (χ4n) is 8.81. The smallest absolute Gasteiger partial charge is 0.139 e. The van der Waals surface area contributed by atoms with Gasteiger partial charge in [0, 0.05) is 18.4 Å². The van der Waals surface area contributed by atoms with Crippen molar-refractivity contribution < 1.29 is 9.90 Å². The Morgan fingerprint density at radius 2 is 1.83 bits per heavy atom. The number of ketones is 1. The van der Waals surface area contributed by atoms with E-state index >= 15 is 0 Å². The highest BCUT2D eigenvalue weighted by molar-refractivity contribution is 5.87. The molecular weight excluding hydrogens is 358 g/mol. The summed E-state index contributed by atoms with van der Waals surface area (Å²) in [5, 5.41) is 15.6. The second kappa shape index (κ2) is 6.92. The summed E-state index contributed by atoms with van der Waals surface area (Å²) in [7, 11) is 0. The predicted octanol–water partition coefficient (Wildman–Crippen LogP) is 4.74. The van der Waals surface area contributed by atoms with Crippen molar-refractivity contribution in [2.75, 3.05) is 13.1 Å². The molecule has 29 heavy (non-hydrogen) atoms. The van der Waals surface area contributed by atoms with Gasteiger partial charge in [0.15, 0.2) is 0 Å². The van der Waals surface area contributed by atoms with Crippen LogP contribution in [0, 0.1) is 46.3 Å². The van der Waals surface area contributed by atoms with E-state index in [-0.39, 0.29) is 10.8 Å². The predicted molar refractivity (Wildman–Crippen MR) is 116 cm³/mol. The number of fused-ring (bicyclic) bond motifs is 5. The highest BCUT2D eigenvalue weighted by Crippen LogP contribution is 2.68. The third-order valence-corrected chi connectivity index (χ3v) is 10.8. The van der Waals surface area contributed by atoms with E-state index in [9.17, 15) is 9.90 Å². The third-order valence-electron chi connectivity index (χ3n) is 10.8. The van der Waals surface area contributed by atoms with Crippen molar-refractivity contribution in [3.8, 4) is 0 Å². The topological polar surface area (TPSA) is 49.3 Å². The summed E-state index contributed by atoms with van der Waals surface area (Å²) in [5.41, 5.74) is -0.602. The van der Waals surface area contributed by atoms with E-state index in [4.69, 9.17) is 0 Å². The van der Waals surface area contributed by atoms with Crippen molar-refractivity contribution in [2.45, 2.75) is 84.2 Å². The summed E-state index contributed by atoms with van der Waals surface area (Å²) in [6.07, 6.45) is 14.6. The molecule has 0 unspecified atom stereocenters. The van der Waals surface area contributed by atoms with Crippen molar-refractivity contribution >= 4 is 5.78 Å². The van der Waals surface area contributed by atoms with Crippen LogP contribution in [0.1, 0.15) is 78.6 Å². The van der Waals surface area contributed by atoms with E-state index in [0.717, 1.165) is 58.0 Å². The summed E-state index contributed by atoms with van der Waals surface area (Å²) >= 11 is 0. The first-order chi connectivity index (χ1) is 13.8. The van der Waals surface area contributed by atoms with Crippen LogP contribution in [-0.4, -0.2) is 29.6 Å². The Morgan fingerprint density at radius 3 is 2.59 bits per heavy atom. The molecule has 1 aliphatic heterocycles. The highest BCUT2D eigenvalue weighted by atomic mass is 16.3. The Bertz CT molecular complexity index is 697. The van der Waals surface area contributed by atoms with Gasteiger partial charge in [-0.25, -0.2) is 0 Å².